The van der Waals surface area contributed by atoms with Crippen LogP contribution >= 0.6 is 11.6 Å². The van der Waals surface area contributed by atoms with Crippen LogP contribution in [0.3, 0.4) is 0 Å². The number of ether oxygens (including phenoxy) is 1. The number of nitrogens with zero attached hydrogens (tertiary/aromatic N) is 1. The molecule has 1 N–H and O–H groups in total. The van der Waals surface area contributed by atoms with Crippen LogP contribution in [0.4, 0.5) is 10.1 Å². The van der Waals surface area contributed by atoms with E-state index in [1.165, 1.54) is 12.1 Å². The highest BCUT2D eigenvalue weighted by molar-refractivity contribution is 7.89. The van der Waals surface area contributed by atoms with Gasteiger partial charge in [0.2, 0.25) is 10.0 Å². The normalized spacial score (nSPS) is 15.6. The van der Waals surface area contributed by atoms with Crippen molar-refractivity contribution in [2.24, 2.45) is 0 Å². The van der Waals surface area contributed by atoms with Crippen molar-refractivity contribution in [1.82, 2.24) is 4.31 Å². The third kappa shape index (κ3) is 3.88. The predicted molar refractivity (Wildman–Crippen MR) is 95.4 cm³/mol. The molecule has 26 heavy (non-hydrogen) atoms. The van der Waals surface area contributed by atoms with Gasteiger partial charge in [0, 0.05) is 18.8 Å². The zero-order chi connectivity index (χ0) is 18.7. The summed E-state index contributed by atoms with van der Waals surface area (Å²) in [6, 6.07) is 9.85. The van der Waals surface area contributed by atoms with E-state index in [0.29, 0.717) is 0 Å². The lowest BCUT2D eigenvalue weighted by Crippen LogP contribution is -2.40. The Bertz CT molecular complexity index is 930. The average Bonchev–Trinajstić information content (AvgIpc) is 2.64. The number of carbonyl (C=O) groups excluding carboxylic acids is 1. The zero-order valence-electron chi connectivity index (χ0n) is 13.6. The van der Waals surface area contributed by atoms with Gasteiger partial charge in [-0.1, -0.05) is 23.7 Å². The van der Waals surface area contributed by atoms with Crippen molar-refractivity contribution in [2.75, 3.05) is 31.6 Å². The van der Waals surface area contributed by atoms with Gasteiger partial charge in [0.25, 0.3) is 5.91 Å². The van der Waals surface area contributed by atoms with Gasteiger partial charge in [-0.05, 0) is 30.3 Å². The molecule has 1 amide bonds. The summed E-state index contributed by atoms with van der Waals surface area (Å²) >= 11 is 5.98. The topological polar surface area (TPSA) is 75.7 Å². The molecule has 9 heteroatoms. The summed E-state index contributed by atoms with van der Waals surface area (Å²) in [5, 5.41) is 2.80. The summed E-state index contributed by atoms with van der Waals surface area (Å²) < 4.78 is 45.8. The second kappa shape index (κ2) is 7.71. The Labute approximate surface area is 155 Å². The highest BCUT2D eigenvalue weighted by Crippen LogP contribution is 2.25. The van der Waals surface area contributed by atoms with Gasteiger partial charge >= 0.3 is 0 Å². The minimum atomic E-state index is -4.02. The lowest BCUT2D eigenvalue weighted by Gasteiger charge is -2.26. The lowest BCUT2D eigenvalue weighted by molar-refractivity contribution is 0.0729. The Morgan fingerprint density at radius 3 is 2.54 bits per heavy atom. The Kier molecular flexibility index (Phi) is 5.57. The number of amides is 1. The molecule has 6 nitrogen and oxygen atoms in total. The molecule has 1 aliphatic heterocycles. The summed E-state index contributed by atoms with van der Waals surface area (Å²) in [6.07, 6.45) is 0. The molecule has 2 aromatic carbocycles. The molecule has 1 aliphatic rings. The lowest BCUT2D eigenvalue weighted by atomic mass is 10.2. The molecule has 0 atom stereocenters. The maximum atomic E-state index is 14.2. The van der Waals surface area contributed by atoms with Crippen molar-refractivity contribution in [2.45, 2.75) is 4.90 Å². The smallest absolute Gasteiger partial charge is 0.257 e. The Morgan fingerprint density at radius 1 is 1.15 bits per heavy atom. The van der Waals surface area contributed by atoms with Gasteiger partial charge in [-0.25, -0.2) is 12.8 Å². The van der Waals surface area contributed by atoms with E-state index in [4.69, 9.17) is 16.3 Å². The molecule has 0 spiro atoms. The van der Waals surface area contributed by atoms with Gasteiger partial charge in [-0.3, -0.25) is 4.79 Å². The van der Waals surface area contributed by atoms with E-state index in [1.54, 1.807) is 18.2 Å². The molecule has 1 fully saturated rings. The van der Waals surface area contributed by atoms with E-state index in [-0.39, 0.29) is 42.6 Å². The Balaban J connectivity index is 1.88. The summed E-state index contributed by atoms with van der Waals surface area (Å²) in [5.41, 5.74) is 0.388. The van der Waals surface area contributed by atoms with Gasteiger partial charge in [-0.2, -0.15) is 4.31 Å². The maximum Gasteiger partial charge on any atom is 0.257 e. The first-order valence-corrected chi connectivity index (χ1v) is 9.65. The zero-order valence-corrected chi connectivity index (χ0v) is 15.2. The molecule has 1 heterocycles. The third-order valence-electron chi connectivity index (χ3n) is 3.90. The molecular weight excluding hydrogens is 383 g/mol. The second-order valence-electron chi connectivity index (χ2n) is 5.60. The van der Waals surface area contributed by atoms with Crippen molar-refractivity contribution in [3.8, 4) is 0 Å². The number of hydrogen-bond donors (Lipinski definition) is 1. The standard InChI is InChI=1S/C17H16ClFN2O4S/c18-14-4-2-1-3-13(14)17(22)20-12-5-6-15(19)16(11-12)26(23,24)21-7-9-25-10-8-21/h1-6,11H,7-10H2,(H,20,22). The van der Waals surface area contributed by atoms with Crippen LogP contribution in [0.25, 0.3) is 0 Å². The maximum absolute atomic E-state index is 14.2. The molecule has 0 aliphatic carbocycles. The minimum Gasteiger partial charge on any atom is -0.379 e. The van der Waals surface area contributed by atoms with Crippen LogP contribution in [0.2, 0.25) is 5.02 Å². The van der Waals surface area contributed by atoms with Crippen LogP contribution in [0.1, 0.15) is 10.4 Å². The van der Waals surface area contributed by atoms with Gasteiger partial charge in [0.15, 0.2) is 0 Å². The summed E-state index contributed by atoms with van der Waals surface area (Å²) in [6.45, 7) is 0.809. The van der Waals surface area contributed by atoms with Gasteiger partial charge in [0.1, 0.15) is 10.7 Å². The molecule has 3 rings (SSSR count). The number of hydrogen-bond acceptors (Lipinski definition) is 4. The van der Waals surface area contributed by atoms with Crippen LogP contribution < -0.4 is 5.32 Å². The van der Waals surface area contributed by atoms with E-state index in [1.807, 2.05) is 0 Å². The quantitative estimate of drug-likeness (QED) is 0.859. The summed E-state index contributed by atoms with van der Waals surface area (Å²) in [7, 11) is -4.02. The number of rotatable bonds is 4. The van der Waals surface area contributed by atoms with Gasteiger partial charge < -0.3 is 10.1 Å². The SMILES string of the molecule is O=C(Nc1ccc(F)c(S(=O)(=O)N2CCOCC2)c1)c1ccccc1Cl. The van der Waals surface area contributed by atoms with E-state index < -0.39 is 26.6 Å². The van der Waals surface area contributed by atoms with Crippen molar-refractivity contribution >= 4 is 33.2 Å². The van der Waals surface area contributed by atoms with Crippen molar-refractivity contribution in [3.63, 3.8) is 0 Å². The summed E-state index contributed by atoms with van der Waals surface area (Å²) in [4.78, 5) is 11.8. The molecule has 0 aromatic heterocycles. The minimum absolute atomic E-state index is 0.151. The molecule has 1 saturated heterocycles. The highest BCUT2D eigenvalue weighted by atomic mass is 35.5. The molecule has 0 unspecified atom stereocenters. The van der Waals surface area contributed by atoms with E-state index in [9.17, 15) is 17.6 Å². The first kappa shape index (κ1) is 18.8. The van der Waals surface area contributed by atoms with Gasteiger partial charge in [0.05, 0.1) is 23.8 Å². The fourth-order valence-corrected chi connectivity index (χ4v) is 4.27. The number of benzene rings is 2. The van der Waals surface area contributed by atoms with Crippen LogP contribution in [0, 0.1) is 5.82 Å². The fourth-order valence-electron chi connectivity index (χ4n) is 2.55. The largest absolute Gasteiger partial charge is 0.379 e. The van der Waals surface area contributed by atoms with Gasteiger partial charge in [-0.15, -0.1) is 0 Å². The van der Waals surface area contributed by atoms with E-state index in [2.05, 4.69) is 5.32 Å². The third-order valence-corrected chi connectivity index (χ3v) is 6.14. The predicted octanol–water partition coefficient (Wildman–Crippen LogP) is 2.75. The van der Waals surface area contributed by atoms with Crippen LogP contribution in [-0.2, 0) is 14.8 Å². The monoisotopic (exact) mass is 398 g/mol. The Hall–Kier alpha value is -2.00. The first-order valence-electron chi connectivity index (χ1n) is 7.83. The average molecular weight is 399 g/mol. The van der Waals surface area contributed by atoms with Crippen molar-refractivity contribution in [3.05, 3.63) is 58.9 Å². The first-order chi connectivity index (χ1) is 12.4. The highest BCUT2D eigenvalue weighted by Gasteiger charge is 2.29. The summed E-state index contributed by atoms with van der Waals surface area (Å²) in [5.74, 6) is -1.40. The van der Waals surface area contributed by atoms with E-state index in [0.717, 1.165) is 16.4 Å². The van der Waals surface area contributed by atoms with Crippen LogP contribution in [0.15, 0.2) is 47.4 Å². The molecule has 0 radical (unpaired) electrons. The number of nitrogens with one attached hydrogen (secondary N) is 1. The number of morpholine rings is 1. The molecule has 0 bridgehead atoms. The number of halogens is 2. The van der Waals surface area contributed by atoms with Crippen molar-refractivity contribution in [1.29, 1.82) is 0 Å². The molecule has 2 aromatic rings. The van der Waals surface area contributed by atoms with Crippen LogP contribution in [-0.4, -0.2) is 44.9 Å². The van der Waals surface area contributed by atoms with Crippen LogP contribution in [0.5, 0.6) is 0 Å². The van der Waals surface area contributed by atoms with Crippen molar-refractivity contribution < 1.29 is 22.3 Å². The molecule has 0 saturated carbocycles. The fraction of sp³-hybridized carbons (Fsp3) is 0.235. The number of anilines is 1. The number of sulfonamides is 1. The molecular formula is C17H16ClFN2O4S. The number of carbonyl (C=O) groups is 1. The van der Waals surface area contributed by atoms with E-state index >= 15 is 0 Å². The molecule has 138 valence electrons. The Morgan fingerprint density at radius 2 is 1.85 bits per heavy atom. The second-order valence-corrected chi connectivity index (χ2v) is 7.91.